The maximum absolute atomic E-state index is 9.54. The minimum absolute atomic E-state index is 0.270. The Labute approximate surface area is 192 Å². The molecule has 1 aromatic heterocycles. The number of nitrogens with two attached hydrogens (primary N) is 1. The molecule has 0 amide bonds. The molecule has 4 bridgehead atoms. The van der Waals surface area contributed by atoms with E-state index in [1.165, 1.54) is 32.1 Å². The first-order valence-corrected chi connectivity index (χ1v) is 11.7. The van der Waals surface area contributed by atoms with Gasteiger partial charge in [0.2, 0.25) is 5.95 Å². The second-order valence-corrected chi connectivity index (χ2v) is 10.3. The lowest BCUT2D eigenvalue weighted by Gasteiger charge is -2.59. The lowest BCUT2D eigenvalue weighted by molar-refractivity contribution is -0.0591. The Morgan fingerprint density at radius 1 is 1.16 bits per heavy atom. The number of aromatic nitrogens is 2. The fourth-order valence-electron chi connectivity index (χ4n) is 6.26. The van der Waals surface area contributed by atoms with Gasteiger partial charge >= 0.3 is 0 Å². The van der Waals surface area contributed by atoms with Crippen LogP contribution in [0.4, 0.5) is 11.8 Å². The Hall–Kier alpha value is -2.07. The molecule has 4 aliphatic rings. The summed E-state index contributed by atoms with van der Waals surface area (Å²) in [6.07, 6.45) is 7.75. The average Bonchev–Trinajstić information content (AvgIpc) is 2.76. The first-order chi connectivity index (χ1) is 15.0. The fourth-order valence-corrected chi connectivity index (χ4v) is 6.65. The van der Waals surface area contributed by atoms with Gasteiger partial charge in [0, 0.05) is 19.1 Å². The van der Waals surface area contributed by atoms with Crippen molar-refractivity contribution in [1.82, 2.24) is 9.97 Å². The minimum Gasteiger partial charge on any atom is -0.368 e. The molecular weight excluding hydrogens is 431 g/mol. The lowest BCUT2D eigenvalue weighted by atomic mass is 9.48. The van der Waals surface area contributed by atoms with Gasteiger partial charge in [-0.05, 0) is 66.9 Å². The van der Waals surface area contributed by atoms with Gasteiger partial charge in [0.05, 0.1) is 16.2 Å². The van der Waals surface area contributed by atoms with Crippen LogP contribution < -0.4 is 16.4 Å². The Kier molecular flexibility index (Phi) is 5.45. The van der Waals surface area contributed by atoms with E-state index in [-0.39, 0.29) is 5.41 Å². The molecule has 162 valence electrons. The van der Waals surface area contributed by atoms with E-state index in [1.807, 2.05) is 12.1 Å². The molecule has 0 aliphatic heterocycles. The van der Waals surface area contributed by atoms with Crippen molar-refractivity contribution in [2.75, 3.05) is 17.2 Å². The zero-order valence-electron chi connectivity index (χ0n) is 17.2. The number of halogens is 2. The molecule has 4 fully saturated rings. The highest BCUT2D eigenvalue weighted by atomic mass is 35.5. The normalized spacial score (nSPS) is 30.8. The molecule has 1 heterocycles. The number of anilines is 2. The van der Waals surface area contributed by atoms with Crippen LogP contribution in [0.1, 0.15) is 43.2 Å². The van der Waals surface area contributed by atoms with Crippen molar-refractivity contribution < 1.29 is 0 Å². The van der Waals surface area contributed by atoms with Crippen molar-refractivity contribution in [3.05, 3.63) is 45.6 Å². The highest BCUT2D eigenvalue weighted by molar-refractivity contribution is 6.42. The van der Waals surface area contributed by atoms with Gasteiger partial charge in [-0.15, -0.1) is 0 Å². The topological polar surface area (TPSA) is 99.6 Å². The quantitative estimate of drug-likeness (QED) is 0.575. The van der Waals surface area contributed by atoms with Crippen molar-refractivity contribution in [2.45, 2.75) is 44.7 Å². The third-order valence-electron chi connectivity index (χ3n) is 7.48. The van der Waals surface area contributed by atoms with E-state index >= 15 is 0 Å². The minimum atomic E-state index is 0.270. The van der Waals surface area contributed by atoms with Gasteiger partial charge in [-0.3, -0.25) is 0 Å². The zero-order valence-corrected chi connectivity index (χ0v) is 18.8. The van der Waals surface area contributed by atoms with Crippen LogP contribution in [0.2, 0.25) is 10.0 Å². The molecule has 2 aromatic rings. The van der Waals surface area contributed by atoms with E-state index in [1.54, 1.807) is 12.3 Å². The third kappa shape index (κ3) is 3.95. The largest absolute Gasteiger partial charge is 0.368 e. The molecule has 4 aliphatic carbocycles. The van der Waals surface area contributed by atoms with E-state index in [4.69, 9.17) is 28.9 Å². The number of nitriles is 1. The molecule has 31 heavy (non-hydrogen) atoms. The van der Waals surface area contributed by atoms with Crippen LogP contribution in [-0.4, -0.2) is 22.6 Å². The predicted octanol–water partition coefficient (Wildman–Crippen LogP) is 4.83. The van der Waals surface area contributed by atoms with Crippen LogP contribution in [0.25, 0.3) is 0 Å². The lowest BCUT2D eigenvalue weighted by Crippen LogP contribution is -2.58. The van der Waals surface area contributed by atoms with Crippen LogP contribution in [0, 0.1) is 34.5 Å². The molecule has 4 N–H and O–H groups in total. The molecule has 8 heteroatoms. The number of rotatable bonds is 6. The van der Waals surface area contributed by atoms with Gasteiger partial charge in [-0.25, -0.2) is 4.98 Å². The molecule has 5 atom stereocenters. The molecule has 3 unspecified atom stereocenters. The number of nitrogens with one attached hydrogen (secondary N) is 2. The summed E-state index contributed by atoms with van der Waals surface area (Å²) in [7, 11) is 0. The molecule has 0 radical (unpaired) electrons. The smallest absolute Gasteiger partial charge is 0.224 e. The third-order valence-corrected chi connectivity index (χ3v) is 8.34. The molecule has 0 spiro atoms. The van der Waals surface area contributed by atoms with Crippen molar-refractivity contribution >= 4 is 35.0 Å². The van der Waals surface area contributed by atoms with Crippen LogP contribution >= 0.6 is 23.2 Å². The highest BCUT2D eigenvalue weighted by Gasteiger charge is 2.54. The first kappa shape index (κ1) is 20.8. The summed E-state index contributed by atoms with van der Waals surface area (Å²) in [4.78, 5) is 8.87. The molecule has 6 nitrogen and oxygen atoms in total. The van der Waals surface area contributed by atoms with Gasteiger partial charge in [-0.1, -0.05) is 35.3 Å². The van der Waals surface area contributed by atoms with E-state index < -0.39 is 0 Å². The van der Waals surface area contributed by atoms with Gasteiger partial charge in [0.25, 0.3) is 0 Å². The highest BCUT2D eigenvalue weighted by Crippen LogP contribution is 2.59. The van der Waals surface area contributed by atoms with Crippen LogP contribution in [0.5, 0.6) is 0 Å². The monoisotopic (exact) mass is 456 g/mol. The summed E-state index contributed by atoms with van der Waals surface area (Å²) in [5, 5.41) is 17.3. The predicted molar refractivity (Wildman–Crippen MR) is 123 cm³/mol. The van der Waals surface area contributed by atoms with E-state index in [2.05, 4.69) is 26.7 Å². The zero-order chi connectivity index (χ0) is 21.6. The van der Waals surface area contributed by atoms with Gasteiger partial charge in [0.1, 0.15) is 17.5 Å². The molecule has 4 saturated carbocycles. The van der Waals surface area contributed by atoms with E-state index in [0.717, 1.165) is 18.0 Å². The van der Waals surface area contributed by atoms with Crippen molar-refractivity contribution in [2.24, 2.45) is 28.9 Å². The van der Waals surface area contributed by atoms with Crippen LogP contribution in [0.3, 0.4) is 0 Å². The molecule has 0 saturated heterocycles. The van der Waals surface area contributed by atoms with Crippen LogP contribution in [0.15, 0.2) is 24.4 Å². The summed E-state index contributed by atoms with van der Waals surface area (Å²) in [5.74, 6) is 3.13. The van der Waals surface area contributed by atoms with Crippen molar-refractivity contribution in [3.8, 4) is 6.07 Å². The summed E-state index contributed by atoms with van der Waals surface area (Å²) in [6.45, 7) is 1.27. The Balaban J connectivity index is 1.29. The second-order valence-electron chi connectivity index (χ2n) is 9.54. The Morgan fingerprint density at radius 3 is 2.68 bits per heavy atom. The van der Waals surface area contributed by atoms with Gasteiger partial charge in [0.15, 0.2) is 0 Å². The molecular formula is C23H26Cl2N6. The first-order valence-electron chi connectivity index (χ1n) is 10.9. The number of hydrogen-bond donors (Lipinski definition) is 3. The van der Waals surface area contributed by atoms with Crippen molar-refractivity contribution in [3.63, 3.8) is 0 Å². The maximum Gasteiger partial charge on any atom is 0.224 e. The molecule has 1 aromatic carbocycles. The number of hydrogen-bond acceptors (Lipinski definition) is 6. The Bertz CT molecular complexity index is 1020. The standard InChI is InChI=1S/C23H26Cl2N6/c24-18-3-1-2-14(19(18)25)10-28-22-29-11-17(9-26)21(31-22)30-12-23-6-13-4-15(7-23)20(27)16(5-13)8-23/h1-3,11,13,15-16,20H,4-8,10,12,27H2,(H2,28,29,30,31)/t13?,15-,16+,20?,23?. The van der Waals surface area contributed by atoms with Gasteiger partial charge < -0.3 is 16.4 Å². The molecule has 6 rings (SSSR count). The maximum atomic E-state index is 9.54. The Morgan fingerprint density at radius 2 is 1.94 bits per heavy atom. The summed E-state index contributed by atoms with van der Waals surface area (Å²) in [6, 6.07) is 8.09. The summed E-state index contributed by atoms with van der Waals surface area (Å²) in [5.41, 5.74) is 8.07. The SMILES string of the molecule is N#Cc1cnc(NCc2cccc(Cl)c2Cl)nc1NCC12CC3C[C@H](C1)C(N)[C@@H](C3)C2. The summed E-state index contributed by atoms with van der Waals surface area (Å²) >= 11 is 12.4. The second kappa shape index (κ2) is 8.12. The summed E-state index contributed by atoms with van der Waals surface area (Å²) < 4.78 is 0. The van der Waals surface area contributed by atoms with Crippen LogP contribution in [-0.2, 0) is 6.54 Å². The number of benzene rings is 1. The van der Waals surface area contributed by atoms with E-state index in [9.17, 15) is 5.26 Å². The number of nitrogens with zero attached hydrogens (tertiary/aromatic N) is 3. The fraction of sp³-hybridized carbons (Fsp3) is 0.522. The average molecular weight is 457 g/mol. The van der Waals surface area contributed by atoms with Gasteiger partial charge in [-0.2, -0.15) is 10.2 Å². The van der Waals surface area contributed by atoms with E-state index in [0.29, 0.717) is 51.8 Å². The van der Waals surface area contributed by atoms with Crippen molar-refractivity contribution in [1.29, 1.82) is 5.26 Å².